The van der Waals surface area contributed by atoms with E-state index in [1.807, 2.05) is 6.07 Å². The van der Waals surface area contributed by atoms with Gasteiger partial charge in [0.1, 0.15) is 0 Å². The molecule has 0 saturated heterocycles. The van der Waals surface area contributed by atoms with Crippen molar-refractivity contribution in [2.24, 2.45) is 0 Å². The number of hydrogen-bond acceptors (Lipinski definition) is 2. The van der Waals surface area contributed by atoms with Crippen molar-refractivity contribution in [2.75, 3.05) is 0 Å². The fourth-order valence-electron chi connectivity index (χ4n) is 1.77. The van der Waals surface area contributed by atoms with E-state index in [4.69, 9.17) is 5.26 Å². The van der Waals surface area contributed by atoms with Crippen molar-refractivity contribution in [3.63, 3.8) is 0 Å². The Bertz CT molecular complexity index is 709. The molecule has 1 aromatic heterocycles. The molecule has 0 bridgehead atoms. The molecule has 2 aromatic rings. The van der Waals surface area contributed by atoms with E-state index in [0.29, 0.717) is 11.1 Å². The number of rotatable bonds is 2. The smallest absolute Gasteiger partial charge is 0.328 e. The van der Waals surface area contributed by atoms with E-state index in [2.05, 4.69) is 4.98 Å². The SMILES string of the molecule is N#CCc1cc(-c2ccc(C(F)(F)F)cc2)c[nH]c1=O. The summed E-state index contributed by atoms with van der Waals surface area (Å²) in [4.78, 5) is 13.9. The summed E-state index contributed by atoms with van der Waals surface area (Å²) in [5.41, 5.74) is 0.270. The van der Waals surface area contributed by atoms with Crippen LogP contribution in [0.4, 0.5) is 13.2 Å². The van der Waals surface area contributed by atoms with Crippen LogP contribution >= 0.6 is 0 Å². The van der Waals surface area contributed by atoms with Crippen molar-refractivity contribution in [1.82, 2.24) is 4.98 Å². The van der Waals surface area contributed by atoms with Crippen molar-refractivity contribution in [1.29, 1.82) is 5.26 Å². The molecule has 1 heterocycles. The summed E-state index contributed by atoms with van der Waals surface area (Å²) >= 11 is 0. The third kappa shape index (κ3) is 2.88. The maximum absolute atomic E-state index is 12.5. The van der Waals surface area contributed by atoms with E-state index < -0.39 is 11.7 Å². The van der Waals surface area contributed by atoms with Gasteiger partial charge >= 0.3 is 6.18 Å². The van der Waals surface area contributed by atoms with Gasteiger partial charge in [0.15, 0.2) is 0 Å². The number of aromatic amines is 1. The fourth-order valence-corrected chi connectivity index (χ4v) is 1.77. The van der Waals surface area contributed by atoms with Crippen molar-refractivity contribution in [3.8, 4) is 17.2 Å². The topological polar surface area (TPSA) is 56.6 Å². The molecule has 3 nitrogen and oxygen atoms in total. The van der Waals surface area contributed by atoms with Crippen molar-refractivity contribution in [2.45, 2.75) is 12.6 Å². The lowest BCUT2D eigenvalue weighted by atomic mass is 10.0. The number of aromatic nitrogens is 1. The Labute approximate surface area is 112 Å². The second-order valence-corrected chi connectivity index (χ2v) is 4.15. The third-order valence-corrected chi connectivity index (χ3v) is 2.80. The first kappa shape index (κ1) is 13.9. The van der Waals surface area contributed by atoms with Crippen LogP contribution in [-0.4, -0.2) is 4.98 Å². The Morgan fingerprint density at radius 3 is 2.35 bits per heavy atom. The molecule has 0 saturated carbocycles. The van der Waals surface area contributed by atoms with Crippen LogP contribution in [0, 0.1) is 11.3 Å². The minimum atomic E-state index is -4.38. The van der Waals surface area contributed by atoms with Crippen LogP contribution in [0.3, 0.4) is 0 Å². The highest BCUT2D eigenvalue weighted by atomic mass is 19.4. The van der Waals surface area contributed by atoms with Crippen LogP contribution in [0.5, 0.6) is 0 Å². The molecule has 0 aliphatic heterocycles. The maximum Gasteiger partial charge on any atom is 0.416 e. The van der Waals surface area contributed by atoms with E-state index >= 15 is 0 Å². The van der Waals surface area contributed by atoms with Crippen LogP contribution in [0.1, 0.15) is 11.1 Å². The molecule has 0 atom stereocenters. The Balaban J connectivity index is 2.40. The highest BCUT2D eigenvalue weighted by Gasteiger charge is 2.29. The first-order valence-corrected chi connectivity index (χ1v) is 5.68. The average molecular weight is 278 g/mol. The van der Waals surface area contributed by atoms with E-state index in [9.17, 15) is 18.0 Å². The predicted octanol–water partition coefficient (Wildman–Crippen LogP) is 3.13. The Morgan fingerprint density at radius 1 is 1.15 bits per heavy atom. The number of halogens is 3. The standard InChI is InChI=1S/C14H9F3N2O/c15-14(16,17)12-3-1-9(2-4-12)11-7-10(5-6-18)13(20)19-8-11/h1-4,7-8H,5H2,(H,19,20). The molecular formula is C14H9F3N2O. The van der Waals surface area contributed by atoms with Crippen LogP contribution in [0.15, 0.2) is 41.3 Å². The minimum absolute atomic E-state index is 0.0518. The molecule has 0 radical (unpaired) electrons. The summed E-state index contributed by atoms with van der Waals surface area (Å²) in [6.07, 6.45) is -3.02. The van der Waals surface area contributed by atoms with Gasteiger partial charge in [-0.05, 0) is 29.3 Å². The monoisotopic (exact) mass is 278 g/mol. The zero-order valence-electron chi connectivity index (χ0n) is 10.2. The van der Waals surface area contributed by atoms with Gasteiger partial charge < -0.3 is 4.98 Å². The molecule has 6 heteroatoms. The van der Waals surface area contributed by atoms with Gasteiger partial charge in [0.25, 0.3) is 5.56 Å². The van der Waals surface area contributed by atoms with Gasteiger partial charge in [-0.1, -0.05) is 12.1 Å². The summed E-state index contributed by atoms with van der Waals surface area (Å²) in [6.45, 7) is 0. The Hall–Kier alpha value is -2.55. The number of nitriles is 1. The summed E-state index contributed by atoms with van der Waals surface area (Å²) in [5, 5.41) is 8.60. The second kappa shape index (κ2) is 5.21. The van der Waals surface area contributed by atoms with Crippen molar-refractivity contribution < 1.29 is 13.2 Å². The minimum Gasteiger partial charge on any atom is -0.328 e. The zero-order chi connectivity index (χ0) is 14.8. The molecule has 0 fully saturated rings. The molecule has 20 heavy (non-hydrogen) atoms. The summed E-state index contributed by atoms with van der Waals surface area (Å²) < 4.78 is 37.4. The number of hydrogen-bond donors (Lipinski definition) is 1. The zero-order valence-corrected chi connectivity index (χ0v) is 10.2. The van der Waals surface area contributed by atoms with Gasteiger partial charge in [0.05, 0.1) is 18.1 Å². The van der Waals surface area contributed by atoms with E-state index in [-0.39, 0.29) is 17.5 Å². The Morgan fingerprint density at radius 2 is 1.80 bits per heavy atom. The fraction of sp³-hybridized carbons (Fsp3) is 0.143. The van der Waals surface area contributed by atoms with Gasteiger partial charge in [-0.15, -0.1) is 0 Å². The number of H-pyrrole nitrogens is 1. The average Bonchev–Trinajstić information content (AvgIpc) is 2.41. The van der Waals surface area contributed by atoms with Gasteiger partial charge in [0.2, 0.25) is 0 Å². The second-order valence-electron chi connectivity index (χ2n) is 4.15. The number of pyridine rings is 1. The summed E-state index contributed by atoms with van der Waals surface area (Å²) in [6, 6.07) is 7.97. The van der Waals surface area contributed by atoms with Crippen molar-refractivity contribution in [3.05, 3.63) is 58.0 Å². The van der Waals surface area contributed by atoms with Crippen LogP contribution in [0.25, 0.3) is 11.1 Å². The number of nitrogens with zero attached hydrogens (tertiary/aromatic N) is 1. The number of benzene rings is 1. The molecule has 0 amide bonds. The molecular weight excluding hydrogens is 269 g/mol. The van der Waals surface area contributed by atoms with Gasteiger partial charge in [-0.3, -0.25) is 4.79 Å². The van der Waals surface area contributed by atoms with E-state index in [1.54, 1.807) is 0 Å². The molecule has 102 valence electrons. The predicted molar refractivity (Wildman–Crippen MR) is 66.8 cm³/mol. The van der Waals surface area contributed by atoms with Gasteiger partial charge in [0, 0.05) is 11.8 Å². The number of alkyl halides is 3. The molecule has 0 spiro atoms. The van der Waals surface area contributed by atoms with Crippen molar-refractivity contribution >= 4 is 0 Å². The number of nitrogens with one attached hydrogen (secondary N) is 1. The van der Waals surface area contributed by atoms with Crippen LogP contribution in [0.2, 0.25) is 0 Å². The summed E-state index contributed by atoms with van der Waals surface area (Å²) in [5.74, 6) is 0. The van der Waals surface area contributed by atoms with Crippen LogP contribution < -0.4 is 5.56 Å². The van der Waals surface area contributed by atoms with E-state index in [1.165, 1.54) is 24.4 Å². The third-order valence-electron chi connectivity index (χ3n) is 2.80. The van der Waals surface area contributed by atoms with E-state index in [0.717, 1.165) is 12.1 Å². The Kier molecular flexibility index (Phi) is 3.61. The quantitative estimate of drug-likeness (QED) is 0.917. The molecule has 1 N–H and O–H groups in total. The lowest BCUT2D eigenvalue weighted by molar-refractivity contribution is -0.137. The van der Waals surface area contributed by atoms with Gasteiger partial charge in [-0.2, -0.15) is 18.4 Å². The van der Waals surface area contributed by atoms with Crippen LogP contribution in [-0.2, 0) is 12.6 Å². The molecule has 0 aliphatic rings. The highest BCUT2D eigenvalue weighted by molar-refractivity contribution is 5.63. The normalized spacial score (nSPS) is 11.1. The first-order valence-electron chi connectivity index (χ1n) is 5.68. The molecule has 1 aromatic carbocycles. The molecule has 0 unspecified atom stereocenters. The highest BCUT2D eigenvalue weighted by Crippen LogP contribution is 2.30. The lowest BCUT2D eigenvalue weighted by Crippen LogP contribution is -2.11. The largest absolute Gasteiger partial charge is 0.416 e. The van der Waals surface area contributed by atoms with Gasteiger partial charge in [-0.25, -0.2) is 0 Å². The summed E-state index contributed by atoms with van der Waals surface area (Å²) in [7, 11) is 0. The first-order chi connectivity index (χ1) is 9.41. The maximum atomic E-state index is 12.5. The lowest BCUT2D eigenvalue weighted by Gasteiger charge is -2.08. The molecule has 2 rings (SSSR count). The molecule has 0 aliphatic carbocycles.